The van der Waals surface area contributed by atoms with Crippen LogP contribution in [0.5, 0.6) is 5.75 Å². The molecule has 7 heteroatoms. The molecule has 1 unspecified atom stereocenters. The standard InChI is InChI=1S/C20H22F2N2O3/c21-16-4-3-15(19(22)9-16)10-23-17-7-8-24(11-17)20(26)13-27-18-5-1-14(12-25)2-6-18/h1-6,9,17,23,25H,7-8,10-13H2. The Kier molecular flexibility index (Phi) is 6.36. The van der Waals surface area contributed by atoms with Crippen molar-refractivity contribution in [3.63, 3.8) is 0 Å². The zero-order valence-corrected chi connectivity index (χ0v) is 14.8. The van der Waals surface area contributed by atoms with Crippen LogP contribution >= 0.6 is 0 Å². The van der Waals surface area contributed by atoms with Crippen molar-refractivity contribution >= 4 is 5.91 Å². The monoisotopic (exact) mass is 376 g/mol. The largest absolute Gasteiger partial charge is 0.484 e. The molecule has 2 aromatic carbocycles. The number of aliphatic hydroxyl groups excluding tert-OH is 1. The van der Waals surface area contributed by atoms with Crippen LogP contribution in [-0.2, 0) is 17.9 Å². The van der Waals surface area contributed by atoms with Gasteiger partial charge in [0.05, 0.1) is 6.61 Å². The van der Waals surface area contributed by atoms with E-state index in [4.69, 9.17) is 9.84 Å². The number of nitrogens with one attached hydrogen (secondary N) is 1. The van der Waals surface area contributed by atoms with Gasteiger partial charge in [0.2, 0.25) is 0 Å². The van der Waals surface area contributed by atoms with Gasteiger partial charge in [-0.15, -0.1) is 0 Å². The number of carbonyl (C=O) groups excluding carboxylic acids is 1. The first-order chi connectivity index (χ1) is 13.0. The molecule has 0 aromatic heterocycles. The van der Waals surface area contributed by atoms with Crippen molar-refractivity contribution in [2.45, 2.75) is 25.6 Å². The molecule has 1 aliphatic heterocycles. The van der Waals surface area contributed by atoms with Gasteiger partial charge in [0.25, 0.3) is 5.91 Å². The first-order valence-corrected chi connectivity index (χ1v) is 8.83. The number of likely N-dealkylation sites (tertiary alicyclic amines) is 1. The number of hydrogen-bond donors (Lipinski definition) is 2. The number of ether oxygens (including phenoxy) is 1. The van der Waals surface area contributed by atoms with Gasteiger partial charge in [0, 0.05) is 37.3 Å². The van der Waals surface area contributed by atoms with Crippen molar-refractivity contribution in [2.75, 3.05) is 19.7 Å². The summed E-state index contributed by atoms with van der Waals surface area (Å²) in [6.45, 7) is 1.32. The number of carbonyl (C=O) groups is 1. The normalized spacial score (nSPS) is 16.6. The highest BCUT2D eigenvalue weighted by atomic mass is 19.1. The average Bonchev–Trinajstić information content (AvgIpc) is 3.15. The Balaban J connectivity index is 1.43. The highest BCUT2D eigenvalue weighted by Crippen LogP contribution is 2.15. The lowest BCUT2D eigenvalue weighted by Gasteiger charge is -2.17. The Labute approximate surface area is 156 Å². The highest BCUT2D eigenvalue weighted by Gasteiger charge is 2.26. The van der Waals surface area contributed by atoms with E-state index >= 15 is 0 Å². The lowest BCUT2D eigenvalue weighted by molar-refractivity contribution is -0.132. The summed E-state index contributed by atoms with van der Waals surface area (Å²) < 4.78 is 32.1. The van der Waals surface area contributed by atoms with Gasteiger partial charge in [-0.05, 0) is 30.2 Å². The molecule has 27 heavy (non-hydrogen) atoms. The van der Waals surface area contributed by atoms with E-state index in [0.29, 0.717) is 24.4 Å². The molecule has 1 atom stereocenters. The van der Waals surface area contributed by atoms with E-state index < -0.39 is 11.6 Å². The third-order valence-electron chi connectivity index (χ3n) is 4.61. The van der Waals surface area contributed by atoms with E-state index in [1.807, 2.05) is 0 Å². The Bertz CT molecular complexity index is 783. The molecule has 3 rings (SSSR count). The maximum atomic E-state index is 13.7. The Morgan fingerprint density at radius 2 is 2.00 bits per heavy atom. The van der Waals surface area contributed by atoms with E-state index in [1.54, 1.807) is 29.2 Å². The number of rotatable bonds is 7. The van der Waals surface area contributed by atoms with Crippen LogP contribution in [0, 0.1) is 11.6 Å². The van der Waals surface area contributed by atoms with Crippen LogP contribution in [0.4, 0.5) is 8.78 Å². The van der Waals surface area contributed by atoms with Gasteiger partial charge >= 0.3 is 0 Å². The van der Waals surface area contributed by atoms with Crippen LogP contribution in [0.2, 0.25) is 0 Å². The molecule has 2 aromatic rings. The molecule has 1 heterocycles. The minimum atomic E-state index is -0.597. The molecular formula is C20H22F2N2O3. The van der Waals surface area contributed by atoms with Crippen LogP contribution in [0.1, 0.15) is 17.5 Å². The molecular weight excluding hydrogens is 354 g/mol. The lowest BCUT2D eigenvalue weighted by Crippen LogP contribution is -2.37. The van der Waals surface area contributed by atoms with Crippen molar-refractivity contribution in [3.05, 3.63) is 65.2 Å². The molecule has 1 saturated heterocycles. The Morgan fingerprint density at radius 1 is 1.22 bits per heavy atom. The average molecular weight is 376 g/mol. The molecule has 0 bridgehead atoms. The zero-order valence-electron chi connectivity index (χ0n) is 14.8. The predicted octanol–water partition coefficient (Wildman–Crippen LogP) is 2.23. The van der Waals surface area contributed by atoms with E-state index in [1.165, 1.54) is 12.1 Å². The first kappa shape index (κ1) is 19.3. The number of benzene rings is 2. The zero-order chi connectivity index (χ0) is 19.2. The molecule has 5 nitrogen and oxygen atoms in total. The fourth-order valence-corrected chi connectivity index (χ4v) is 3.00. The fraction of sp³-hybridized carbons (Fsp3) is 0.350. The van der Waals surface area contributed by atoms with Gasteiger partial charge in [-0.25, -0.2) is 8.78 Å². The third-order valence-corrected chi connectivity index (χ3v) is 4.61. The van der Waals surface area contributed by atoms with E-state index in [-0.39, 0.29) is 31.7 Å². The second kappa shape index (κ2) is 8.92. The van der Waals surface area contributed by atoms with Gasteiger partial charge < -0.3 is 20.1 Å². The summed E-state index contributed by atoms with van der Waals surface area (Å²) in [7, 11) is 0. The minimum absolute atomic E-state index is 0.0385. The van der Waals surface area contributed by atoms with Gasteiger partial charge in [-0.1, -0.05) is 18.2 Å². The Hall–Kier alpha value is -2.51. The third kappa shape index (κ3) is 5.24. The SMILES string of the molecule is O=C(COc1ccc(CO)cc1)N1CCC(NCc2ccc(F)cc2F)C1. The summed E-state index contributed by atoms with van der Waals surface area (Å²) in [5, 5.41) is 12.2. The van der Waals surface area contributed by atoms with Crippen molar-refractivity contribution in [3.8, 4) is 5.75 Å². The number of halogens is 2. The maximum absolute atomic E-state index is 13.7. The summed E-state index contributed by atoms with van der Waals surface area (Å²) in [6, 6.07) is 10.5. The quantitative estimate of drug-likeness (QED) is 0.778. The molecule has 0 saturated carbocycles. The fourth-order valence-electron chi connectivity index (χ4n) is 3.00. The first-order valence-electron chi connectivity index (χ1n) is 8.83. The van der Waals surface area contributed by atoms with Crippen LogP contribution < -0.4 is 10.1 Å². The van der Waals surface area contributed by atoms with Crippen LogP contribution in [0.15, 0.2) is 42.5 Å². The molecule has 1 aliphatic rings. The van der Waals surface area contributed by atoms with Crippen LogP contribution in [0.3, 0.4) is 0 Å². The summed E-state index contributed by atoms with van der Waals surface area (Å²) >= 11 is 0. The maximum Gasteiger partial charge on any atom is 0.260 e. The number of amides is 1. The topological polar surface area (TPSA) is 61.8 Å². The number of nitrogens with zero attached hydrogens (tertiary/aromatic N) is 1. The van der Waals surface area contributed by atoms with Crippen molar-refractivity contribution in [2.24, 2.45) is 0 Å². The molecule has 0 spiro atoms. The summed E-state index contributed by atoms with van der Waals surface area (Å²) in [5.74, 6) is -0.714. The summed E-state index contributed by atoms with van der Waals surface area (Å²) in [6.07, 6.45) is 0.764. The molecule has 0 aliphatic carbocycles. The second-order valence-corrected chi connectivity index (χ2v) is 6.53. The second-order valence-electron chi connectivity index (χ2n) is 6.53. The highest BCUT2D eigenvalue weighted by molar-refractivity contribution is 5.78. The molecule has 1 amide bonds. The summed E-state index contributed by atoms with van der Waals surface area (Å²) in [5.41, 5.74) is 1.18. The van der Waals surface area contributed by atoms with Crippen LogP contribution in [0.25, 0.3) is 0 Å². The molecule has 1 fully saturated rings. The predicted molar refractivity (Wildman–Crippen MR) is 96.0 cm³/mol. The smallest absolute Gasteiger partial charge is 0.260 e. The van der Waals surface area contributed by atoms with Gasteiger partial charge in [0.15, 0.2) is 6.61 Å². The summed E-state index contributed by atoms with van der Waals surface area (Å²) in [4.78, 5) is 14.0. The van der Waals surface area contributed by atoms with Gasteiger partial charge in [0.1, 0.15) is 17.4 Å². The van der Waals surface area contributed by atoms with Crippen LogP contribution in [-0.4, -0.2) is 41.7 Å². The van der Waals surface area contributed by atoms with Crippen molar-refractivity contribution in [1.82, 2.24) is 10.2 Å². The van der Waals surface area contributed by atoms with E-state index in [9.17, 15) is 13.6 Å². The lowest BCUT2D eigenvalue weighted by atomic mass is 10.2. The number of hydrogen-bond acceptors (Lipinski definition) is 4. The van der Waals surface area contributed by atoms with Gasteiger partial charge in [-0.3, -0.25) is 4.79 Å². The molecule has 0 radical (unpaired) electrons. The van der Waals surface area contributed by atoms with Crippen molar-refractivity contribution < 1.29 is 23.4 Å². The van der Waals surface area contributed by atoms with E-state index in [2.05, 4.69) is 5.32 Å². The van der Waals surface area contributed by atoms with E-state index in [0.717, 1.165) is 18.1 Å². The molecule has 144 valence electrons. The number of aliphatic hydroxyl groups is 1. The van der Waals surface area contributed by atoms with Crippen molar-refractivity contribution in [1.29, 1.82) is 0 Å². The van der Waals surface area contributed by atoms with Gasteiger partial charge in [-0.2, -0.15) is 0 Å². The Morgan fingerprint density at radius 3 is 2.70 bits per heavy atom. The molecule has 2 N–H and O–H groups in total. The minimum Gasteiger partial charge on any atom is -0.484 e.